The molecule has 0 aliphatic heterocycles. The number of hydrogen-bond acceptors (Lipinski definition) is 5. The van der Waals surface area contributed by atoms with E-state index in [1.165, 1.54) is 0 Å². The van der Waals surface area contributed by atoms with Crippen molar-refractivity contribution < 1.29 is 8.94 Å². The second-order valence-electron chi connectivity index (χ2n) is 5.02. The molecular formula is C15H17N3O2. The molecule has 0 amide bonds. The van der Waals surface area contributed by atoms with Crippen molar-refractivity contribution in [3.05, 3.63) is 36.2 Å². The molecule has 2 atom stereocenters. The third-order valence-electron chi connectivity index (χ3n) is 3.63. The predicted octanol–water partition coefficient (Wildman–Crippen LogP) is 3.53. The molecule has 0 fully saturated rings. The van der Waals surface area contributed by atoms with E-state index >= 15 is 0 Å². The SMILES string of the molecule is CCC(C)C(N)c1nc(-c2cc3ccccc3o2)no1. The molecule has 1 aromatic carbocycles. The maximum absolute atomic E-state index is 6.09. The van der Waals surface area contributed by atoms with Gasteiger partial charge in [-0.3, -0.25) is 0 Å². The van der Waals surface area contributed by atoms with Gasteiger partial charge < -0.3 is 14.7 Å². The van der Waals surface area contributed by atoms with Gasteiger partial charge in [-0.05, 0) is 18.1 Å². The Morgan fingerprint density at radius 1 is 1.30 bits per heavy atom. The van der Waals surface area contributed by atoms with E-state index in [4.69, 9.17) is 14.7 Å². The first-order chi connectivity index (χ1) is 9.69. The van der Waals surface area contributed by atoms with Crippen molar-refractivity contribution in [2.24, 2.45) is 11.7 Å². The molecule has 5 heteroatoms. The van der Waals surface area contributed by atoms with Crippen LogP contribution >= 0.6 is 0 Å². The summed E-state index contributed by atoms with van der Waals surface area (Å²) >= 11 is 0. The van der Waals surface area contributed by atoms with Gasteiger partial charge in [-0.1, -0.05) is 43.6 Å². The van der Waals surface area contributed by atoms with Crippen LogP contribution in [0.5, 0.6) is 0 Å². The summed E-state index contributed by atoms with van der Waals surface area (Å²) in [7, 11) is 0. The molecule has 2 heterocycles. The van der Waals surface area contributed by atoms with Crippen LogP contribution in [0, 0.1) is 5.92 Å². The largest absolute Gasteiger partial charge is 0.453 e. The summed E-state index contributed by atoms with van der Waals surface area (Å²) in [6.07, 6.45) is 0.962. The highest BCUT2D eigenvalue weighted by molar-refractivity contribution is 5.81. The maximum Gasteiger partial charge on any atom is 0.244 e. The van der Waals surface area contributed by atoms with E-state index in [1.54, 1.807) is 0 Å². The smallest absolute Gasteiger partial charge is 0.244 e. The van der Waals surface area contributed by atoms with E-state index in [0.717, 1.165) is 17.4 Å². The maximum atomic E-state index is 6.09. The molecule has 0 spiro atoms. The van der Waals surface area contributed by atoms with Gasteiger partial charge in [0.25, 0.3) is 0 Å². The minimum Gasteiger partial charge on any atom is -0.453 e. The molecule has 0 saturated heterocycles. The normalized spacial score (nSPS) is 14.6. The Kier molecular flexibility index (Phi) is 3.28. The van der Waals surface area contributed by atoms with Crippen molar-refractivity contribution in [2.75, 3.05) is 0 Å². The number of furan rings is 1. The number of aromatic nitrogens is 2. The average molecular weight is 271 g/mol. The van der Waals surface area contributed by atoms with Gasteiger partial charge in [0, 0.05) is 5.39 Å². The molecule has 104 valence electrons. The zero-order chi connectivity index (χ0) is 14.1. The number of fused-ring (bicyclic) bond motifs is 1. The summed E-state index contributed by atoms with van der Waals surface area (Å²) in [5.74, 6) is 1.78. The van der Waals surface area contributed by atoms with Crippen molar-refractivity contribution in [3.8, 4) is 11.6 Å². The fraction of sp³-hybridized carbons (Fsp3) is 0.333. The summed E-state index contributed by atoms with van der Waals surface area (Å²) in [6.45, 7) is 4.15. The van der Waals surface area contributed by atoms with Gasteiger partial charge in [-0.15, -0.1) is 0 Å². The molecular weight excluding hydrogens is 254 g/mol. The molecule has 2 aromatic heterocycles. The van der Waals surface area contributed by atoms with Crippen LogP contribution in [0.25, 0.3) is 22.6 Å². The molecule has 2 N–H and O–H groups in total. The number of rotatable bonds is 4. The third-order valence-corrected chi connectivity index (χ3v) is 3.63. The average Bonchev–Trinajstić information content (AvgIpc) is 3.11. The van der Waals surface area contributed by atoms with Crippen LogP contribution in [0.15, 0.2) is 39.3 Å². The Bertz CT molecular complexity index is 684. The zero-order valence-corrected chi connectivity index (χ0v) is 11.5. The Hall–Kier alpha value is -2.14. The topological polar surface area (TPSA) is 78.1 Å². The summed E-state index contributed by atoms with van der Waals surface area (Å²) in [4.78, 5) is 4.35. The van der Waals surface area contributed by atoms with Crippen LogP contribution in [0.3, 0.4) is 0 Å². The molecule has 0 aliphatic carbocycles. The van der Waals surface area contributed by atoms with Gasteiger partial charge >= 0.3 is 0 Å². The van der Waals surface area contributed by atoms with E-state index in [2.05, 4.69) is 24.0 Å². The number of para-hydroxylation sites is 1. The van der Waals surface area contributed by atoms with Gasteiger partial charge in [-0.25, -0.2) is 0 Å². The summed E-state index contributed by atoms with van der Waals surface area (Å²) in [5, 5.41) is 4.97. The van der Waals surface area contributed by atoms with Crippen molar-refractivity contribution >= 4 is 11.0 Å². The second-order valence-corrected chi connectivity index (χ2v) is 5.02. The fourth-order valence-electron chi connectivity index (χ4n) is 2.06. The van der Waals surface area contributed by atoms with Crippen LogP contribution in [0.2, 0.25) is 0 Å². The predicted molar refractivity (Wildman–Crippen MR) is 75.9 cm³/mol. The number of nitrogens with zero attached hydrogens (tertiary/aromatic N) is 2. The lowest BCUT2D eigenvalue weighted by molar-refractivity contribution is 0.312. The molecule has 20 heavy (non-hydrogen) atoms. The lowest BCUT2D eigenvalue weighted by atomic mass is 10.0. The van der Waals surface area contributed by atoms with Crippen molar-refractivity contribution in [1.29, 1.82) is 0 Å². The van der Waals surface area contributed by atoms with Crippen LogP contribution in [-0.4, -0.2) is 10.1 Å². The van der Waals surface area contributed by atoms with Gasteiger partial charge in [0.2, 0.25) is 11.7 Å². The quantitative estimate of drug-likeness (QED) is 0.785. The highest BCUT2D eigenvalue weighted by atomic mass is 16.5. The van der Waals surface area contributed by atoms with Crippen LogP contribution < -0.4 is 5.73 Å². The summed E-state index contributed by atoms with van der Waals surface area (Å²) < 4.78 is 11.0. The fourth-order valence-corrected chi connectivity index (χ4v) is 2.06. The van der Waals surface area contributed by atoms with Crippen molar-refractivity contribution in [1.82, 2.24) is 10.1 Å². The van der Waals surface area contributed by atoms with Crippen LogP contribution in [0.4, 0.5) is 0 Å². The Morgan fingerprint density at radius 3 is 2.85 bits per heavy atom. The van der Waals surface area contributed by atoms with Crippen molar-refractivity contribution in [3.63, 3.8) is 0 Å². The van der Waals surface area contributed by atoms with Crippen molar-refractivity contribution in [2.45, 2.75) is 26.3 Å². The molecule has 0 aliphatic rings. The number of hydrogen-bond donors (Lipinski definition) is 1. The number of benzene rings is 1. The van der Waals surface area contributed by atoms with E-state index in [-0.39, 0.29) is 6.04 Å². The molecule has 0 radical (unpaired) electrons. The minimum atomic E-state index is -0.245. The molecule has 0 bridgehead atoms. The third kappa shape index (κ3) is 2.20. The summed E-state index contributed by atoms with van der Waals surface area (Å²) in [5.41, 5.74) is 6.89. The van der Waals surface area contributed by atoms with Gasteiger partial charge in [0.15, 0.2) is 5.76 Å². The first-order valence-electron chi connectivity index (χ1n) is 6.77. The minimum absolute atomic E-state index is 0.245. The van der Waals surface area contributed by atoms with Gasteiger partial charge in [-0.2, -0.15) is 4.98 Å². The summed E-state index contributed by atoms with van der Waals surface area (Å²) in [6, 6.07) is 9.43. The van der Waals surface area contributed by atoms with Gasteiger partial charge in [0.1, 0.15) is 5.58 Å². The van der Waals surface area contributed by atoms with E-state index in [1.807, 2.05) is 30.3 Å². The Morgan fingerprint density at radius 2 is 2.10 bits per heavy atom. The zero-order valence-electron chi connectivity index (χ0n) is 11.5. The van der Waals surface area contributed by atoms with E-state index < -0.39 is 0 Å². The first kappa shape index (κ1) is 12.9. The molecule has 3 aromatic rings. The van der Waals surface area contributed by atoms with E-state index in [9.17, 15) is 0 Å². The van der Waals surface area contributed by atoms with E-state index in [0.29, 0.717) is 23.4 Å². The van der Waals surface area contributed by atoms with Gasteiger partial charge in [0.05, 0.1) is 6.04 Å². The lowest BCUT2D eigenvalue weighted by Crippen LogP contribution is -2.18. The Labute approximate surface area is 116 Å². The molecule has 3 rings (SSSR count). The molecule has 0 saturated carbocycles. The van der Waals surface area contributed by atoms with Crippen LogP contribution in [-0.2, 0) is 0 Å². The number of nitrogens with two attached hydrogens (primary N) is 1. The first-order valence-corrected chi connectivity index (χ1v) is 6.77. The Balaban J connectivity index is 1.93. The highest BCUT2D eigenvalue weighted by Crippen LogP contribution is 2.27. The lowest BCUT2D eigenvalue weighted by Gasteiger charge is -2.12. The monoisotopic (exact) mass is 271 g/mol. The highest BCUT2D eigenvalue weighted by Gasteiger charge is 2.21. The second kappa shape index (κ2) is 5.09. The van der Waals surface area contributed by atoms with Crippen LogP contribution in [0.1, 0.15) is 32.2 Å². The molecule has 5 nitrogen and oxygen atoms in total. The molecule has 2 unspecified atom stereocenters. The standard InChI is InChI=1S/C15H17N3O2/c1-3-9(2)13(16)15-17-14(18-20-15)12-8-10-6-4-5-7-11(10)19-12/h4-9,13H,3,16H2,1-2H3.